The van der Waals surface area contributed by atoms with Crippen molar-refractivity contribution in [3.05, 3.63) is 180 Å². The Labute approximate surface area is 334 Å². The second kappa shape index (κ2) is 11.1. The highest BCUT2D eigenvalue weighted by atomic mass is 32.1. The van der Waals surface area contributed by atoms with E-state index in [1.807, 2.05) is 12.1 Å². The molecule has 1 atom stereocenters. The van der Waals surface area contributed by atoms with E-state index in [0.29, 0.717) is 0 Å². The average molecular weight is 760 g/mol. The summed E-state index contributed by atoms with van der Waals surface area (Å²) in [6.45, 7) is 0. The number of hydrogen-bond acceptors (Lipinski definition) is 5. The van der Waals surface area contributed by atoms with E-state index in [-0.39, 0.29) is 6.17 Å². The van der Waals surface area contributed by atoms with Gasteiger partial charge in [-0.25, -0.2) is 0 Å². The molecule has 1 unspecified atom stereocenters. The molecule has 6 heteroatoms. The van der Waals surface area contributed by atoms with E-state index < -0.39 is 0 Å². The summed E-state index contributed by atoms with van der Waals surface area (Å²) < 4.78 is 17.0. The molecule has 0 amide bonds. The van der Waals surface area contributed by atoms with Crippen LogP contribution in [0.1, 0.15) is 22.2 Å². The second-order valence-electron chi connectivity index (χ2n) is 15.4. The highest BCUT2D eigenvalue weighted by Crippen LogP contribution is 2.48. The number of rotatable bonds is 3. The monoisotopic (exact) mass is 759 g/mol. The van der Waals surface area contributed by atoms with Gasteiger partial charge in [-0.1, -0.05) is 115 Å². The van der Waals surface area contributed by atoms with Crippen LogP contribution in [-0.4, -0.2) is 10.3 Å². The minimum Gasteiger partial charge on any atom is -0.456 e. The van der Waals surface area contributed by atoms with Gasteiger partial charge in [0.05, 0.1) is 33.0 Å². The normalized spacial score (nSPS) is 14.6. The van der Waals surface area contributed by atoms with E-state index in [9.17, 15) is 0 Å². The van der Waals surface area contributed by atoms with Gasteiger partial charge in [-0.15, -0.1) is 11.3 Å². The molecule has 14 rings (SSSR count). The van der Waals surface area contributed by atoms with Crippen LogP contribution in [0.15, 0.2) is 178 Å². The highest BCUT2D eigenvalue weighted by molar-refractivity contribution is 7.22. The lowest BCUT2D eigenvalue weighted by Crippen LogP contribution is -2.19. The lowest BCUT2D eigenvalue weighted by molar-refractivity contribution is 0.664. The summed E-state index contributed by atoms with van der Waals surface area (Å²) in [5, 5.41) is 16.8. The van der Waals surface area contributed by atoms with Crippen LogP contribution in [-0.2, 0) is 0 Å². The maximum Gasteiger partial charge on any atom is 0.146 e. The standard InChI is InChI=1S/C52H29N3O2S/c1-2-13-31-30(12-1)34(24-27-37(31)55-38-25-22-28-10-7-19-41-44(28)46(38)47-39(55)26-23-29-11-8-20-42(56-41)45(29)47)52-53-48-35-15-4-6-21-43(35)58-51(48)49(54-52)36-17-9-16-33-32-14-3-5-18-40(32)57-50(33)36/h1-27,52-53H. The number of aliphatic imine (C=N–C) groups is 1. The first-order valence-corrected chi connectivity index (χ1v) is 20.5. The lowest BCUT2D eigenvalue weighted by Gasteiger charge is -2.26. The fourth-order valence-corrected chi connectivity index (χ4v) is 11.1. The topological polar surface area (TPSA) is 55.6 Å². The fraction of sp³-hybridized carbons (Fsp3) is 0.0192. The lowest BCUT2D eigenvalue weighted by atomic mass is 9.97. The Morgan fingerprint density at radius 3 is 1.91 bits per heavy atom. The van der Waals surface area contributed by atoms with Crippen LogP contribution in [0, 0.1) is 0 Å². The summed E-state index contributed by atoms with van der Waals surface area (Å²) >= 11 is 1.78. The first kappa shape index (κ1) is 30.8. The van der Waals surface area contributed by atoms with Gasteiger partial charge in [0.1, 0.15) is 28.5 Å². The summed E-state index contributed by atoms with van der Waals surface area (Å²) in [5.74, 6) is 0. The molecule has 13 aromatic rings. The number of hydrogen-bond donors (Lipinski definition) is 1. The summed E-state index contributed by atoms with van der Waals surface area (Å²) in [5.41, 5.74) is 11.1. The van der Waals surface area contributed by atoms with E-state index >= 15 is 0 Å². The SMILES string of the molecule is c1ccc2c(c1)oc1c(C3=NC(c4ccc(-n5c6ccc7cccc8oc9cccc%10ccc5c(c%109)c6c78)c5ccccc45)Nc4c3sc3ccccc43)cccc12. The molecule has 1 aliphatic rings. The molecule has 0 spiro atoms. The molecule has 1 N–H and O–H groups in total. The Bertz CT molecular complexity index is 3810. The maximum atomic E-state index is 6.71. The number of benzene rings is 9. The van der Waals surface area contributed by atoms with Crippen molar-refractivity contribution in [3.63, 3.8) is 0 Å². The molecule has 0 saturated carbocycles. The van der Waals surface area contributed by atoms with Crippen LogP contribution in [0.4, 0.5) is 5.69 Å². The van der Waals surface area contributed by atoms with Crippen molar-refractivity contribution in [2.24, 2.45) is 4.99 Å². The Morgan fingerprint density at radius 2 is 1.14 bits per heavy atom. The summed E-state index contributed by atoms with van der Waals surface area (Å²) in [6, 6.07) is 58.5. The fourth-order valence-electron chi connectivity index (χ4n) is 9.95. The Kier molecular flexibility index (Phi) is 5.90. The van der Waals surface area contributed by atoms with Gasteiger partial charge in [-0.2, -0.15) is 0 Å². The van der Waals surface area contributed by atoms with Gasteiger partial charge in [0.2, 0.25) is 0 Å². The van der Waals surface area contributed by atoms with Gasteiger partial charge >= 0.3 is 0 Å². The van der Waals surface area contributed by atoms with Gasteiger partial charge in [0.25, 0.3) is 0 Å². The van der Waals surface area contributed by atoms with Crippen LogP contribution in [0.5, 0.6) is 0 Å². The van der Waals surface area contributed by atoms with Gasteiger partial charge in [0, 0.05) is 58.9 Å². The second-order valence-corrected chi connectivity index (χ2v) is 16.4. The molecule has 5 nitrogen and oxygen atoms in total. The first-order valence-electron chi connectivity index (χ1n) is 19.7. The maximum absolute atomic E-state index is 6.71. The minimum atomic E-state index is -0.349. The zero-order valence-electron chi connectivity index (χ0n) is 30.8. The summed E-state index contributed by atoms with van der Waals surface area (Å²) in [6.07, 6.45) is -0.349. The van der Waals surface area contributed by atoms with Crippen LogP contribution in [0.25, 0.3) is 103 Å². The molecule has 0 radical (unpaired) electrons. The molecule has 270 valence electrons. The van der Waals surface area contributed by atoms with Gasteiger partial charge in [0.15, 0.2) is 0 Å². The average Bonchev–Trinajstić information content (AvgIpc) is 3.92. The van der Waals surface area contributed by atoms with E-state index in [2.05, 4.69) is 162 Å². The van der Waals surface area contributed by atoms with E-state index in [1.165, 1.54) is 31.6 Å². The molecule has 4 aromatic heterocycles. The third kappa shape index (κ3) is 3.97. The van der Waals surface area contributed by atoms with Crippen molar-refractivity contribution in [1.29, 1.82) is 0 Å². The molecule has 1 aliphatic heterocycles. The summed E-state index contributed by atoms with van der Waals surface area (Å²) in [4.78, 5) is 6.77. The Hall–Kier alpha value is -7.41. The number of thiophene rings is 1. The quantitative estimate of drug-likeness (QED) is 0.195. The number of fused-ring (bicyclic) bond motifs is 7. The molecule has 0 aliphatic carbocycles. The van der Waals surface area contributed by atoms with Crippen molar-refractivity contribution < 1.29 is 8.83 Å². The molecular formula is C52H29N3O2S. The zero-order valence-corrected chi connectivity index (χ0v) is 31.6. The van der Waals surface area contributed by atoms with Crippen molar-refractivity contribution in [1.82, 2.24) is 4.57 Å². The van der Waals surface area contributed by atoms with Crippen LogP contribution in [0.2, 0.25) is 0 Å². The predicted octanol–water partition coefficient (Wildman–Crippen LogP) is 14.5. The third-order valence-corrected chi connectivity index (χ3v) is 13.6. The number of para-hydroxylation sites is 2. The van der Waals surface area contributed by atoms with E-state index in [0.717, 1.165) is 98.8 Å². The smallest absolute Gasteiger partial charge is 0.146 e. The molecule has 0 bridgehead atoms. The Balaban J connectivity index is 1.03. The van der Waals surface area contributed by atoms with Crippen LogP contribution in [0.3, 0.4) is 0 Å². The van der Waals surface area contributed by atoms with Gasteiger partial charge < -0.3 is 18.7 Å². The van der Waals surface area contributed by atoms with Crippen molar-refractivity contribution in [2.45, 2.75) is 6.17 Å². The molecule has 5 heterocycles. The largest absolute Gasteiger partial charge is 0.456 e. The number of furan rings is 1. The molecule has 58 heavy (non-hydrogen) atoms. The number of nitrogens with zero attached hydrogens (tertiary/aromatic N) is 2. The third-order valence-electron chi connectivity index (χ3n) is 12.4. The summed E-state index contributed by atoms with van der Waals surface area (Å²) in [7, 11) is 0. The van der Waals surface area contributed by atoms with Crippen molar-refractivity contribution in [2.75, 3.05) is 5.32 Å². The minimum absolute atomic E-state index is 0.349. The van der Waals surface area contributed by atoms with Crippen molar-refractivity contribution >= 4 is 120 Å². The van der Waals surface area contributed by atoms with E-state index in [4.69, 9.17) is 13.8 Å². The zero-order chi connectivity index (χ0) is 37.6. The van der Waals surface area contributed by atoms with E-state index in [1.54, 1.807) is 11.3 Å². The molecule has 0 saturated heterocycles. The molecular weight excluding hydrogens is 731 g/mol. The number of aromatic nitrogens is 1. The Morgan fingerprint density at radius 1 is 0.500 bits per heavy atom. The molecule has 0 fully saturated rings. The predicted molar refractivity (Wildman–Crippen MR) is 242 cm³/mol. The number of anilines is 1. The van der Waals surface area contributed by atoms with Crippen LogP contribution >= 0.6 is 11.3 Å². The highest BCUT2D eigenvalue weighted by Gasteiger charge is 2.30. The number of nitrogens with one attached hydrogen (secondary N) is 1. The first-order chi connectivity index (χ1) is 28.8. The van der Waals surface area contributed by atoms with Crippen LogP contribution < -0.4 is 5.32 Å². The van der Waals surface area contributed by atoms with Gasteiger partial charge in [-0.3, -0.25) is 4.99 Å². The van der Waals surface area contributed by atoms with Gasteiger partial charge in [-0.05, 0) is 64.7 Å². The molecule has 9 aromatic carbocycles. The van der Waals surface area contributed by atoms with Crippen molar-refractivity contribution in [3.8, 4) is 5.69 Å².